The lowest BCUT2D eigenvalue weighted by molar-refractivity contribution is -0.141. The summed E-state index contributed by atoms with van der Waals surface area (Å²) in [5, 5.41) is 7.54. The van der Waals surface area contributed by atoms with E-state index >= 15 is 0 Å². The number of amides is 1. The van der Waals surface area contributed by atoms with Gasteiger partial charge >= 0.3 is 6.18 Å². The Hall–Kier alpha value is -3.28. The standard InChI is InChI=1S/C23H26F3N7O.H2S/c1-5-17-22(34)32(4)21-14(2)30-20(9-18(21)31(17)3)28-10-16-11-29-33(13-16)12-15-6-7-27-19(8-15)23(24,25)26;/h6-9,11,13,17H,5,10,12H2,1-4H3,(H,28,30);1H2/t17-;/m0./s1. The first-order valence-electron chi connectivity index (χ1n) is 10.9. The highest BCUT2D eigenvalue weighted by atomic mass is 32.1. The van der Waals surface area contributed by atoms with Crippen LogP contribution in [0.4, 0.5) is 30.4 Å². The minimum Gasteiger partial charge on any atom is -0.366 e. The van der Waals surface area contributed by atoms with Crippen LogP contribution < -0.4 is 15.1 Å². The minimum absolute atomic E-state index is 0. The van der Waals surface area contributed by atoms with Gasteiger partial charge < -0.3 is 15.1 Å². The normalized spacial score (nSPS) is 15.6. The number of hydrogen-bond donors (Lipinski definition) is 1. The van der Waals surface area contributed by atoms with Crippen LogP contribution in [-0.2, 0) is 24.1 Å². The van der Waals surface area contributed by atoms with Crippen molar-refractivity contribution in [2.45, 2.75) is 45.6 Å². The highest BCUT2D eigenvalue weighted by Gasteiger charge is 2.35. The van der Waals surface area contributed by atoms with Gasteiger partial charge in [0, 0.05) is 44.7 Å². The Balaban J connectivity index is 0.00000342. The summed E-state index contributed by atoms with van der Waals surface area (Å²) in [4.78, 5) is 24.3. The predicted octanol–water partition coefficient (Wildman–Crippen LogP) is 3.96. The molecule has 0 saturated heterocycles. The third kappa shape index (κ3) is 5.37. The lowest BCUT2D eigenvalue weighted by Gasteiger charge is -2.40. The molecule has 0 spiro atoms. The highest BCUT2D eigenvalue weighted by Crippen LogP contribution is 2.38. The molecule has 3 aromatic rings. The van der Waals surface area contributed by atoms with E-state index in [4.69, 9.17) is 0 Å². The Bertz CT molecular complexity index is 1210. The number of carbonyl (C=O) groups is 1. The number of aryl methyl sites for hydroxylation is 1. The van der Waals surface area contributed by atoms with Crippen LogP contribution in [0.15, 0.2) is 36.8 Å². The minimum atomic E-state index is -4.48. The second-order valence-corrected chi connectivity index (χ2v) is 8.34. The fourth-order valence-corrected chi connectivity index (χ4v) is 4.23. The first kappa shape index (κ1) is 26.3. The molecule has 1 aliphatic heterocycles. The van der Waals surface area contributed by atoms with Gasteiger partial charge in [0.05, 0.1) is 29.8 Å². The van der Waals surface area contributed by atoms with E-state index < -0.39 is 11.9 Å². The van der Waals surface area contributed by atoms with E-state index in [2.05, 4.69) is 20.4 Å². The van der Waals surface area contributed by atoms with Crippen molar-refractivity contribution < 1.29 is 18.0 Å². The summed E-state index contributed by atoms with van der Waals surface area (Å²) < 4.78 is 40.3. The van der Waals surface area contributed by atoms with Crippen LogP contribution in [0.2, 0.25) is 0 Å². The molecule has 0 aliphatic carbocycles. The summed E-state index contributed by atoms with van der Waals surface area (Å²) in [5.41, 5.74) is 2.86. The van der Waals surface area contributed by atoms with Crippen molar-refractivity contribution in [1.29, 1.82) is 0 Å². The Labute approximate surface area is 208 Å². The zero-order chi connectivity index (χ0) is 24.6. The van der Waals surface area contributed by atoms with E-state index in [1.165, 1.54) is 6.07 Å². The van der Waals surface area contributed by atoms with Crippen molar-refractivity contribution in [3.05, 3.63) is 59.3 Å². The van der Waals surface area contributed by atoms with Gasteiger partial charge in [-0.15, -0.1) is 0 Å². The number of likely N-dealkylation sites (N-methyl/N-ethyl adjacent to an activating group) is 2. The zero-order valence-electron chi connectivity index (χ0n) is 19.9. The van der Waals surface area contributed by atoms with Crippen molar-refractivity contribution in [2.75, 3.05) is 29.2 Å². The van der Waals surface area contributed by atoms with Crippen LogP contribution in [0.1, 0.15) is 35.9 Å². The summed E-state index contributed by atoms with van der Waals surface area (Å²) in [6.45, 7) is 4.49. The van der Waals surface area contributed by atoms with Crippen molar-refractivity contribution >= 4 is 36.6 Å². The average Bonchev–Trinajstić information content (AvgIpc) is 3.23. The van der Waals surface area contributed by atoms with Crippen LogP contribution in [0.25, 0.3) is 0 Å². The van der Waals surface area contributed by atoms with Gasteiger partial charge in [-0.05, 0) is 31.0 Å². The molecule has 0 bridgehead atoms. The lowest BCUT2D eigenvalue weighted by Crippen LogP contribution is -2.50. The maximum absolute atomic E-state index is 12.9. The highest BCUT2D eigenvalue weighted by molar-refractivity contribution is 7.59. The van der Waals surface area contributed by atoms with Crippen LogP contribution in [0.3, 0.4) is 0 Å². The smallest absolute Gasteiger partial charge is 0.366 e. The Kier molecular flexibility index (Phi) is 7.63. The number of anilines is 3. The number of pyridine rings is 2. The number of alkyl halides is 3. The number of nitrogens with one attached hydrogen (secondary N) is 1. The number of fused-ring (bicyclic) bond motifs is 1. The number of nitrogens with zero attached hydrogens (tertiary/aromatic N) is 6. The van der Waals surface area contributed by atoms with Crippen LogP contribution in [-0.4, -0.2) is 45.8 Å². The predicted molar refractivity (Wildman–Crippen MR) is 133 cm³/mol. The third-order valence-electron chi connectivity index (χ3n) is 5.95. The molecule has 0 saturated carbocycles. The quantitative estimate of drug-likeness (QED) is 0.544. The number of rotatable bonds is 6. The molecule has 12 heteroatoms. The second-order valence-electron chi connectivity index (χ2n) is 8.34. The Morgan fingerprint density at radius 2 is 1.91 bits per heavy atom. The molecule has 8 nitrogen and oxygen atoms in total. The van der Waals surface area contributed by atoms with E-state index in [-0.39, 0.29) is 32.0 Å². The van der Waals surface area contributed by atoms with Crippen molar-refractivity contribution in [2.24, 2.45) is 0 Å². The van der Waals surface area contributed by atoms with Crippen molar-refractivity contribution in [3.8, 4) is 0 Å². The molecule has 0 fully saturated rings. The topological polar surface area (TPSA) is 79.2 Å². The van der Waals surface area contributed by atoms with Gasteiger partial charge in [0.15, 0.2) is 0 Å². The zero-order valence-corrected chi connectivity index (χ0v) is 20.9. The molecule has 3 aromatic heterocycles. The maximum atomic E-state index is 12.9. The molecule has 4 rings (SSSR count). The number of hydrogen-bond acceptors (Lipinski definition) is 6. The van der Waals surface area contributed by atoms with Crippen molar-refractivity contribution in [3.63, 3.8) is 0 Å². The molecular weight excluding hydrogens is 479 g/mol. The van der Waals surface area contributed by atoms with Crippen LogP contribution in [0.5, 0.6) is 0 Å². The number of halogens is 3. The summed E-state index contributed by atoms with van der Waals surface area (Å²) in [6, 6.07) is 4.27. The van der Waals surface area contributed by atoms with Gasteiger partial charge in [-0.25, -0.2) is 4.98 Å². The monoisotopic (exact) mass is 507 g/mol. The molecular formula is C23H28F3N7OS. The third-order valence-corrected chi connectivity index (χ3v) is 5.95. The first-order valence-corrected chi connectivity index (χ1v) is 10.9. The maximum Gasteiger partial charge on any atom is 0.433 e. The van der Waals surface area contributed by atoms with E-state index in [0.29, 0.717) is 24.3 Å². The molecule has 0 unspecified atom stereocenters. The summed E-state index contributed by atoms with van der Waals surface area (Å²) in [5.74, 6) is 0.712. The molecule has 0 aromatic carbocycles. The number of aromatic nitrogens is 4. The van der Waals surface area contributed by atoms with Gasteiger partial charge in [-0.2, -0.15) is 31.8 Å². The summed E-state index contributed by atoms with van der Waals surface area (Å²) in [6.07, 6.45) is 0.805. The fourth-order valence-electron chi connectivity index (χ4n) is 4.23. The van der Waals surface area contributed by atoms with Crippen LogP contribution >= 0.6 is 13.5 Å². The molecule has 188 valence electrons. The summed E-state index contributed by atoms with van der Waals surface area (Å²) >= 11 is 0. The fraction of sp³-hybridized carbons (Fsp3) is 0.391. The number of carbonyl (C=O) groups excluding carboxylic acids is 1. The molecule has 1 aliphatic rings. The molecule has 1 amide bonds. The van der Waals surface area contributed by atoms with Gasteiger partial charge in [-0.3, -0.25) is 14.5 Å². The van der Waals surface area contributed by atoms with Gasteiger partial charge in [-0.1, -0.05) is 6.92 Å². The van der Waals surface area contributed by atoms with E-state index in [1.807, 2.05) is 31.9 Å². The molecule has 35 heavy (non-hydrogen) atoms. The van der Waals surface area contributed by atoms with Crippen LogP contribution in [0, 0.1) is 6.92 Å². The summed E-state index contributed by atoms with van der Waals surface area (Å²) in [7, 11) is 3.68. The van der Waals surface area contributed by atoms with E-state index in [1.54, 1.807) is 29.0 Å². The largest absolute Gasteiger partial charge is 0.433 e. The molecule has 0 radical (unpaired) electrons. The first-order chi connectivity index (χ1) is 16.1. The van der Waals surface area contributed by atoms with E-state index in [0.717, 1.165) is 34.9 Å². The van der Waals surface area contributed by atoms with Crippen molar-refractivity contribution in [1.82, 2.24) is 19.7 Å². The Morgan fingerprint density at radius 3 is 2.60 bits per heavy atom. The van der Waals surface area contributed by atoms with E-state index in [9.17, 15) is 18.0 Å². The van der Waals surface area contributed by atoms with Gasteiger partial charge in [0.2, 0.25) is 5.91 Å². The average molecular weight is 508 g/mol. The molecule has 1 atom stereocenters. The molecule has 1 N–H and O–H groups in total. The second kappa shape index (κ2) is 10.1. The lowest BCUT2D eigenvalue weighted by atomic mass is 10.0. The van der Waals surface area contributed by atoms with Gasteiger partial charge in [0.1, 0.15) is 17.6 Å². The van der Waals surface area contributed by atoms with Gasteiger partial charge in [0.25, 0.3) is 0 Å². The molecule has 4 heterocycles. The Morgan fingerprint density at radius 1 is 1.17 bits per heavy atom. The SMILES string of the molecule is CC[C@H]1C(=O)N(C)c2c(cc(NCc3cnn(Cc4ccnc(C(F)(F)F)c4)c3)nc2C)N1C.S.